The number of para-hydroxylation sites is 1. The molecular weight excluding hydrogens is 276 g/mol. The molecule has 2 atom stereocenters. The van der Waals surface area contributed by atoms with Gasteiger partial charge in [0.1, 0.15) is 5.01 Å². The lowest BCUT2D eigenvalue weighted by atomic mass is 9.87. The van der Waals surface area contributed by atoms with E-state index < -0.39 is 0 Å². The maximum Gasteiger partial charge on any atom is 0.108 e. The second kappa shape index (κ2) is 6.21. The molecule has 1 aliphatic carbocycles. The van der Waals surface area contributed by atoms with Crippen molar-refractivity contribution in [1.82, 2.24) is 10.3 Å². The summed E-state index contributed by atoms with van der Waals surface area (Å²) in [7, 11) is 0. The van der Waals surface area contributed by atoms with Crippen LogP contribution in [-0.2, 0) is 6.54 Å². The third-order valence-electron chi connectivity index (χ3n) is 3.88. The monoisotopic (exact) mass is 294 g/mol. The first-order chi connectivity index (χ1) is 9.35. The number of aromatic nitrogens is 1. The van der Waals surface area contributed by atoms with Crippen molar-refractivity contribution in [3.8, 4) is 0 Å². The van der Waals surface area contributed by atoms with Gasteiger partial charge in [-0.1, -0.05) is 18.6 Å². The SMILES string of the molecule is ClCC1CCCC(NCc2nc3ccccc3s2)C1. The van der Waals surface area contributed by atoms with Crippen molar-refractivity contribution in [2.75, 3.05) is 5.88 Å². The minimum absolute atomic E-state index is 0.615. The highest BCUT2D eigenvalue weighted by Gasteiger charge is 2.21. The number of thiazole rings is 1. The van der Waals surface area contributed by atoms with E-state index in [2.05, 4.69) is 28.5 Å². The Morgan fingerprint density at radius 1 is 1.32 bits per heavy atom. The van der Waals surface area contributed by atoms with Crippen molar-refractivity contribution in [2.24, 2.45) is 5.92 Å². The van der Waals surface area contributed by atoms with E-state index in [-0.39, 0.29) is 0 Å². The second-order valence-electron chi connectivity index (χ2n) is 5.34. The third kappa shape index (κ3) is 3.28. The standard InChI is InChI=1S/C15H19ClN2S/c16-9-11-4-3-5-12(8-11)17-10-15-18-13-6-1-2-7-14(13)19-15/h1-2,6-7,11-12,17H,3-5,8-10H2. The molecule has 0 amide bonds. The number of rotatable bonds is 4. The zero-order chi connectivity index (χ0) is 13.1. The summed E-state index contributed by atoms with van der Waals surface area (Å²) in [6.45, 7) is 0.888. The molecule has 1 N–H and O–H groups in total. The van der Waals surface area contributed by atoms with E-state index in [1.54, 1.807) is 11.3 Å². The Bertz CT molecular complexity index is 507. The summed E-state index contributed by atoms with van der Waals surface area (Å²) in [5, 5.41) is 4.84. The zero-order valence-electron chi connectivity index (χ0n) is 10.9. The molecule has 1 aliphatic rings. The molecule has 102 valence electrons. The Balaban J connectivity index is 1.59. The number of alkyl halides is 1. The van der Waals surface area contributed by atoms with Gasteiger partial charge in [-0.25, -0.2) is 4.98 Å². The van der Waals surface area contributed by atoms with Gasteiger partial charge in [-0.05, 0) is 37.3 Å². The van der Waals surface area contributed by atoms with Crippen molar-refractivity contribution in [1.29, 1.82) is 0 Å². The Morgan fingerprint density at radius 2 is 2.21 bits per heavy atom. The van der Waals surface area contributed by atoms with Gasteiger partial charge < -0.3 is 5.32 Å². The summed E-state index contributed by atoms with van der Waals surface area (Å²) in [5.74, 6) is 1.50. The highest BCUT2D eigenvalue weighted by molar-refractivity contribution is 7.18. The second-order valence-corrected chi connectivity index (χ2v) is 6.76. The van der Waals surface area contributed by atoms with Crippen LogP contribution in [0.25, 0.3) is 10.2 Å². The highest BCUT2D eigenvalue weighted by Crippen LogP contribution is 2.26. The fraction of sp³-hybridized carbons (Fsp3) is 0.533. The number of hydrogen-bond acceptors (Lipinski definition) is 3. The van der Waals surface area contributed by atoms with Gasteiger partial charge in [-0.2, -0.15) is 0 Å². The first kappa shape index (κ1) is 13.3. The molecule has 2 unspecified atom stereocenters. The lowest BCUT2D eigenvalue weighted by molar-refractivity contribution is 0.303. The Labute approximate surface area is 123 Å². The molecule has 2 aromatic rings. The molecule has 0 saturated heterocycles. The summed E-state index contributed by atoms with van der Waals surface area (Å²) in [5.41, 5.74) is 1.12. The molecular formula is C15H19ClN2S. The Kier molecular flexibility index (Phi) is 4.36. The molecule has 1 aromatic heterocycles. The van der Waals surface area contributed by atoms with Crippen LogP contribution in [0.15, 0.2) is 24.3 Å². The van der Waals surface area contributed by atoms with E-state index in [1.165, 1.54) is 35.4 Å². The molecule has 19 heavy (non-hydrogen) atoms. The van der Waals surface area contributed by atoms with Crippen molar-refractivity contribution in [2.45, 2.75) is 38.3 Å². The quantitative estimate of drug-likeness (QED) is 0.856. The van der Waals surface area contributed by atoms with Gasteiger partial charge in [-0.3, -0.25) is 0 Å². The lowest BCUT2D eigenvalue weighted by Gasteiger charge is -2.28. The van der Waals surface area contributed by atoms with Gasteiger partial charge in [0.05, 0.1) is 10.2 Å². The van der Waals surface area contributed by atoms with Crippen LogP contribution in [0.3, 0.4) is 0 Å². The molecule has 1 saturated carbocycles. The smallest absolute Gasteiger partial charge is 0.108 e. The highest BCUT2D eigenvalue weighted by atomic mass is 35.5. The van der Waals surface area contributed by atoms with Crippen molar-refractivity contribution in [3.05, 3.63) is 29.3 Å². The minimum atomic E-state index is 0.615. The van der Waals surface area contributed by atoms with E-state index in [1.807, 2.05) is 6.07 Å². The van der Waals surface area contributed by atoms with Crippen LogP contribution in [0.1, 0.15) is 30.7 Å². The summed E-state index contributed by atoms with van der Waals surface area (Å²) in [6, 6.07) is 8.96. The van der Waals surface area contributed by atoms with Gasteiger partial charge in [-0.15, -0.1) is 22.9 Å². The maximum absolute atomic E-state index is 5.98. The van der Waals surface area contributed by atoms with Crippen LogP contribution in [0, 0.1) is 5.92 Å². The molecule has 0 spiro atoms. The van der Waals surface area contributed by atoms with Gasteiger partial charge >= 0.3 is 0 Å². The number of benzene rings is 1. The lowest BCUT2D eigenvalue weighted by Crippen LogP contribution is -2.34. The first-order valence-electron chi connectivity index (χ1n) is 6.99. The van der Waals surface area contributed by atoms with Crippen LogP contribution in [-0.4, -0.2) is 16.9 Å². The maximum atomic E-state index is 5.98. The predicted molar refractivity (Wildman–Crippen MR) is 82.9 cm³/mol. The topological polar surface area (TPSA) is 24.9 Å². The van der Waals surface area contributed by atoms with Crippen LogP contribution in [0.5, 0.6) is 0 Å². The first-order valence-corrected chi connectivity index (χ1v) is 8.34. The number of halogens is 1. The van der Waals surface area contributed by atoms with Crippen LogP contribution < -0.4 is 5.32 Å². The van der Waals surface area contributed by atoms with E-state index >= 15 is 0 Å². The molecule has 1 aromatic carbocycles. The fourth-order valence-electron chi connectivity index (χ4n) is 2.84. The normalized spacial score (nSPS) is 23.8. The van der Waals surface area contributed by atoms with E-state index in [4.69, 9.17) is 11.6 Å². The summed E-state index contributed by atoms with van der Waals surface area (Å²) < 4.78 is 1.28. The number of hydrogen-bond donors (Lipinski definition) is 1. The average Bonchev–Trinajstić information content (AvgIpc) is 2.88. The van der Waals surface area contributed by atoms with E-state index in [0.29, 0.717) is 12.0 Å². The molecule has 1 heterocycles. The third-order valence-corrected chi connectivity index (χ3v) is 5.35. The van der Waals surface area contributed by atoms with Gasteiger partial charge in [0, 0.05) is 18.5 Å². The number of fused-ring (bicyclic) bond motifs is 1. The molecule has 3 rings (SSSR count). The molecule has 4 heteroatoms. The summed E-state index contributed by atoms with van der Waals surface area (Å²) in [4.78, 5) is 4.67. The zero-order valence-corrected chi connectivity index (χ0v) is 12.5. The average molecular weight is 295 g/mol. The van der Waals surface area contributed by atoms with Crippen molar-refractivity contribution < 1.29 is 0 Å². The van der Waals surface area contributed by atoms with Gasteiger partial charge in [0.2, 0.25) is 0 Å². The van der Waals surface area contributed by atoms with Crippen molar-refractivity contribution in [3.63, 3.8) is 0 Å². The number of nitrogens with zero attached hydrogens (tertiary/aromatic N) is 1. The molecule has 0 radical (unpaired) electrons. The molecule has 0 aliphatic heterocycles. The Morgan fingerprint density at radius 3 is 3.05 bits per heavy atom. The van der Waals surface area contributed by atoms with Crippen LogP contribution in [0.4, 0.5) is 0 Å². The Hall–Kier alpha value is -0.640. The fourth-order valence-corrected chi connectivity index (χ4v) is 4.04. The minimum Gasteiger partial charge on any atom is -0.308 e. The summed E-state index contributed by atoms with van der Waals surface area (Å²) >= 11 is 7.77. The van der Waals surface area contributed by atoms with Crippen LogP contribution >= 0.6 is 22.9 Å². The van der Waals surface area contributed by atoms with Crippen LogP contribution in [0.2, 0.25) is 0 Å². The number of nitrogens with one attached hydrogen (secondary N) is 1. The molecule has 1 fully saturated rings. The summed E-state index contributed by atoms with van der Waals surface area (Å²) in [6.07, 6.45) is 5.09. The van der Waals surface area contributed by atoms with Crippen molar-refractivity contribution >= 4 is 33.2 Å². The molecule has 0 bridgehead atoms. The van der Waals surface area contributed by atoms with Gasteiger partial charge in [0.15, 0.2) is 0 Å². The predicted octanol–water partition coefficient (Wildman–Crippen LogP) is 4.18. The van der Waals surface area contributed by atoms with Gasteiger partial charge in [0.25, 0.3) is 0 Å². The molecule has 2 nitrogen and oxygen atoms in total. The van der Waals surface area contributed by atoms with E-state index in [9.17, 15) is 0 Å². The largest absolute Gasteiger partial charge is 0.308 e. The van der Waals surface area contributed by atoms with E-state index in [0.717, 1.165) is 17.9 Å².